The fourth-order valence-corrected chi connectivity index (χ4v) is 11.2. The van der Waals surface area contributed by atoms with Gasteiger partial charge in [-0.2, -0.15) is 0 Å². The van der Waals surface area contributed by atoms with Crippen molar-refractivity contribution in [3.05, 3.63) is 97.1 Å². The Kier molecular flexibility index (Phi) is 12.1. The van der Waals surface area contributed by atoms with E-state index in [1.54, 1.807) is 0 Å². The van der Waals surface area contributed by atoms with Crippen LogP contribution in [0.25, 0.3) is 22.3 Å². The molecule has 3 aliphatic heterocycles. The van der Waals surface area contributed by atoms with E-state index in [0.717, 1.165) is 52.8 Å². The highest BCUT2D eigenvalue weighted by atomic mass is 31.2. The second-order valence-corrected chi connectivity index (χ2v) is 16.5. The number of ether oxygens (including phenoxy) is 1. The standard InChI is InChI=1S/C17H19O2P.C16H17O3P.C4H8O.CH4/c1-3-13(4-2)20(18)17-12-8-6-10-15(17)14-9-5-7-11-16(14)19-20;1-2-12(17)11-20(18)16-10-6-4-8-14(16)13-7-3-5-9-15(13)19-20;1-2-4-3-5-4;/h5-13H,3-4H2,1-2H3;3-10,12,17H,2,11H2,1H3;4H,2-3H2,1H3;1H4. The Labute approximate surface area is 275 Å². The van der Waals surface area contributed by atoms with Crippen LogP contribution in [-0.4, -0.2) is 35.7 Å². The van der Waals surface area contributed by atoms with E-state index in [9.17, 15) is 14.2 Å². The highest BCUT2D eigenvalue weighted by Gasteiger charge is 2.41. The Balaban J connectivity index is 0.000000178. The highest BCUT2D eigenvalue weighted by Crippen LogP contribution is 2.59. The first-order valence-electron chi connectivity index (χ1n) is 16.0. The van der Waals surface area contributed by atoms with E-state index in [4.69, 9.17) is 13.8 Å². The van der Waals surface area contributed by atoms with Gasteiger partial charge in [-0.15, -0.1) is 0 Å². The molecule has 8 heteroatoms. The van der Waals surface area contributed by atoms with Crippen molar-refractivity contribution in [2.75, 3.05) is 12.8 Å². The monoisotopic (exact) mass is 662 g/mol. The molecular formula is C38H48O6P2. The number of aliphatic hydroxyl groups is 1. The summed E-state index contributed by atoms with van der Waals surface area (Å²) < 4.78 is 43.5. The lowest BCUT2D eigenvalue weighted by molar-refractivity contribution is 0.191. The summed E-state index contributed by atoms with van der Waals surface area (Å²) in [7, 11) is -5.90. The van der Waals surface area contributed by atoms with E-state index in [-0.39, 0.29) is 19.2 Å². The average molecular weight is 663 g/mol. The maximum Gasteiger partial charge on any atom is 0.280 e. The van der Waals surface area contributed by atoms with Crippen molar-refractivity contribution in [1.82, 2.24) is 0 Å². The molecular weight excluding hydrogens is 614 g/mol. The van der Waals surface area contributed by atoms with E-state index in [2.05, 4.69) is 20.8 Å². The van der Waals surface area contributed by atoms with Gasteiger partial charge in [-0.1, -0.05) is 108 Å². The van der Waals surface area contributed by atoms with Gasteiger partial charge in [-0.3, -0.25) is 9.13 Å². The predicted octanol–water partition coefficient (Wildman–Crippen LogP) is 9.69. The Bertz CT molecular complexity index is 1690. The molecule has 1 N–H and O–H groups in total. The van der Waals surface area contributed by atoms with Crippen LogP contribution in [0, 0.1) is 0 Å². The summed E-state index contributed by atoms with van der Waals surface area (Å²) >= 11 is 0. The molecule has 0 saturated carbocycles. The summed E-state index contributed by atoms with van der Waals surface area (Å²) in [6.07, 6.45) is 3.68. The second-order valence-electron chi connectivity index (χ2n) is 11.6. The van der Waals surface area contributed by atoms with Crippen LogP contribution in [0.2, 0.25) is 0 Å². The molecule has 0 spiro atoms. The molecule has 0 aromatic heterocycles. The molecule has 4 aromatic rings. The van der Waals surface area contributed by atoms with Crippen molar-refractivity contribution < 1.29 is 28.0 Å². The number of benzene rings is 4. The number of para-hydroxylation sites is 2. The molecule has 4 unspecified atom stereocenters. The summed E-state index contributed by atoms with van der Waals surface area (Å²) in [4.78, 5) is 0. The minimum Gasteiger partial charge on any atom is -0.439 e. The SMILES string of the molecule is C.CCC(CC)P1(=O)Oc2ccccc2-c2ccccc21.CCC(O)CP1(=O)Oc2ccccc2-c2ccccc21.CCC1CO1. The van der Waals surface area contributed by atoms with Crippen LogP contribution in [0.4, 0.5) is 0 Å². The third-order valence-corrected chi connectivity index (χ3v) is 14.3. The molecule has 246 valence electrons. The number of hydrogen-bond acceptors (Lipinski definition) is 6. The van der Waals surface area contributed by atoms with Crippen LogP contribution in [0.3, 0.4) is 0 Å². The van der Waals surface area contributed by atoms with Gasteiger partial charge in [-0.25, -0.2) is 0 Å². The van der Waals surface area contributed by atoms with Crippen LogP contribution in [0.15, 0.2) is 97.1 Å². The number of fused-ring (bicyclic) bond motifs is 6. The lowest BCUT2D eigenvalue weighted by Gasteiger charge is -2.33. The molecule has 1 fully saturated rings. The van der Waals surface area contributed by atoms with Crippen LogP contribution in [0.5, 0.6) is 11.5 Å². The average Bonchev–Trinajstić information content (AvgIpc) is 3.91. The summed E-state index contributed by atoms with van der Waals surface area (Å²) in [6, 6.07) is 31.0. The van der Waals surface area contributed by atoms with Crippen molar-refractivity contribution in [2.24, 2.45) is 0 Å². The van der Waals surface area contributed by atoms with Crippen molar-refractivity contribution in [3.63, 3.8) is 0 Å². The zero-order valence-corrected chi connectivity index (χ0v) is 28.4. The molecule has 7 rings (SSSR count). The first kappa shape index (κ1) is 35.7. The molecule has 1 saturated heterocycles. The molecule has 6 nitrogen and oxygen atoms in total. The first-order valence-corrected chi connectivity index (χ1v) is 19.5. The van der Waals surface area contributed by atoms with Crippen molar-refractivity contribution in [1.29, 1.82) is 0 Å². The van der Waals surface area contributed by atoms with Crippen molar-refractivity contribution in [2.45, 2.75) is 78.7 Å². The second kappa shape index (κ2) is 15.6. The highest BCUT2D eigenvalue weighted by molar-refractivity contribution is 7.68. The smallest absolute Gasteiger partial charge is 0.280 e. The normalized spacial score (nSPS) is 21.8. The van der Waals surface area contributed by atoms with Gasteiger partial charge in [0.2, 0.25) is 0 Å². The van der Waals surface area contributed by atoms with E-state index in [0.29, 0.717) is 23.6 Å². The fourth-order valence-electron chi connectivity index (χ4n) is 5.80. The zero-order valence-electron chi connectivity index (χ0n) is 26.6. The van der Waals surface area contributed by atoms with E-state index >= 15 is 0 Å². The van der Waals surface area contributed by atoms with Gasteiger partial charge in [0.1, 0.15) is 11.5 Å². The maximum absolute atomic E-state index is 13.6. The molecule has 0 amide bonds. The number of aliphatic hydroxyl groups excluding tert-OH is 1. The number of epoxide rings is 1. The Morgan fingerprint density at radius 2 is 1.13 bits per heavy atom. The Morgan fingerprint density at radius 1 is 0.674 bits per heavy atom. The van der Waals surface area contributed by atoms with Crippen LogP contribution in [-0.2, 0) is 13.9 Å². The summed E-state index contributed by atoms with van der Waals surface area (Å²) in [6.45, 7) is 9.19. The number of hydrogen-bond donors (Lipinski definition) is 1. The lowest BCUT2D eigenvalue weighted by atomic mass is 10.0. The first-order chi connectivity index (χ1) is 21.8. The topological polar surface area (TPSA) is 85.4 Å². The maximum atomic E-state index is 13.6. The van der Waals surface area contributed by atoms with Gasteiger partial charge in [0.25, 0.3) is 14.7 Å². The minimum atomic E-state index is -3.06. The quantitative estimate of drug-likeness (QED) is 0.157. The van der Waals surface area contributed by atoms with Crippen molar-refractivity contribution in [3.8, 4) is 33.8 Å². The van der Waals surface area contributed by atoms with Gasteiger partial charge in [0.15, 0.2) is 0 Å². The van der Waals surface area contributed by atoms with E-state index < -0.39 is 20.8 Å². The molecule has 0 radical (unpaired) electrons. The molecule has 0 aliphatic carbocycles. The summed E-state index contributed by atoms with van der Waals surface area (Å²) in [5.41, 5.74) is 4.09. The van der Waals surface area contributed by atoms with Crippen LogP contribution in [0.1, 0.15) is 60.8 Å². The van der Waals surface area contributed by atoms with Crippen molar-refractivity contribution >= 4 is 25.3 Å². The van der Waals surface area contributed by atoms with Gasteiger partial charge in [0, 0.05) is 11.1 Å². The Hall–Kier alpha value is -3.14. The fraction of sp³-hybridized carbons (Fsp3) is 0.368. The third-order valence-electron chi connectivity index (χ3n) is 8.55. The molecule has 46 heavy (non-hydrogen) atoms. The molecule has 4 atom stereocenters. The number of rotatable bonds is 7. The minimum absolute atomic E-state index is 0. The van der Waals surface area contributed by atoms with Crippen LogP contribution < -0.4 is 19.7 Å². The van der Waals surface area contributed by atoms with Gasteiger partial charge in [0.05, 0.1) is 41.2 Å². The van der Waals surface area contributed by atoms with E-state index in [1.807, 2.05) is 104 Å². The molecule has 4 aromatic carbocycles. The van der Waals surface area contributed by atoms with Gasteiger partial charge in [-0.05, 0) is 61.1 Å². The van der Waals surface area contributed by atoms with Gasteiger partial charge >= 0.3 is 0 Å². The molecule has 3 heterocycles. The third kappa shape index (κ3) is 7.53. The molecule has 3 aliphatic rings. The van der Waals surface area contributed by atoms with Crippen LogP contribution >= 0.6 is 14.7 Å². The van der Waals surface area contributed by atoms with Gasteiger partial charge < -0.3 is 18.9 Å². The van der Waals surface area contributed by atoms with E-state index in [1.165, 1.54) is 6.42 Å². The zero-order chi connectivity index (χ0) is 32.0. The summed E-state index contributed by atoms with van der Waals surface area (Å²) in [5.74, 6) is 1.39. The largest absolute Gasteiger partial charge is 0.439 e. The summed E-state index contributed by atoms with van der Waals surface area (Å²) in [5, 5.41) is 11.5. The lowest BCUT2D eigenvalue weighted by Crippen LogP contribution is -2.25. The molecule has 0 bridgehead atoms. The predicted molar refractivity (Wildman–Crippen MR) is 192 cm³/mol. The Morgan fingerprint density at radius 3 is 1.61 bits per heavy atom.